The van der Waals surface area contributed by atoms with Gasteiger partial charge in [-0.2, -0.15) is 5.26 Å². The van der Waals surface area contributed by atoms with Crippen molar-refractivity contribution in [2.24, 2.45) is 23.5 Å². The first kappa shape index (κ1) is 108. The molecule has 6 aromatic rings. The number of aliphatic carboxylic acids is 1. The first-order chi connectivity index (χ1) is 60.8. The van der Waals surface area contributed by atoms with Gasteiger partial charge in [-0.15, -0.1) is 19.7 Å². The first-order valence-electron chi connectivity index (χ1n) is 44.5. The van der Waals surface area contributed by atoms with Crippen LogP contribution in [0.1, 0.15) is 180 Å². The maximum absolute atomic E-state index is 13.7. The van der Waals surface area contributed by atoms with E-state index in [2.05, 4.69) is 107 Å². The minimum atomic E-state index is -1.47. The van der Waals surface area contributed by atoms with Crippen molar-refractivity contribution >= 4 is 73.1 Å². The van der Waals surface area contributed by atoms with Gasteiger partial charge in [0.25, 0.3) is 0 Å². The van der Waals surface area contributed by atoms with E-state index in [4.69, 9.17) is 75.9 Å². The summed E-state index contributed by atoms with van der Waals surface area (Å²) in [7, 11) is 3.75. The topological polar surface area (TPSA) is 365 Å². The van der Waals surface area contributed by atoms with Crippen molar-refractivity contribution in [2.75, 3.05) is 59.1 Å². The number of halogens is 3. The van der Waals surface area contributed by atoms with Gasteiger partial charge in [0.05, 0.1) is 75.3 Å². The van der Waals surface area contributed by atoms with Gasteiger partial charge in [-0.25, -0.2) is 9.59 Å². The van der Waals surface area contributed by atoms with Gasteiger partial charge in [-0.05, 0) is 207 Å². The van der Waals surface area contributed by atoms with Gasteiger partial charge in [0.1, 0.15) is 46.3 Å². The number of nitriles is 1. The summed E-state index contributed by atoms with van der Waals surface area (Å²) in [5.74, 6) is -2.51. The number of alkyl carbamates (subject to hydrolysis) is 2. The zero-order chi connectivity index (χ0) is 94.4. The standard InChI is InChI=1S/C34H45ClN2O6.C29H37ClN2O4.C23H28ClNO2.C11H19NO5.C2H3N.BH.U/c1-6-8-15-34(41,25-13-10-14-26(35)30(25)23-12-9-11-22(7-2)18-23)29-21-37(16-17-42-29)31(39)24-19-27(28(38)20-24)36-32(40)43-33(3,4)5;1-3-5-12-29(35,22-10-7-11-23(30)27(22)20-9-6-8-19(4-2)15-20)26-18-32(13-14-36-26)28(34)21-16-24(31)25(33)17-21;1-3-5-12-23(26,21-16-25-13-14-27-21)19-10-7-11-20(24)22(19)18-9-6-8-17(4-2)15-18;1-11(2,3)17-10(16)12-7-4-6(9(14)15)5-8(7)13;1-2-3;;/h6,9-14,18,24,27-29,38,41H,1,7-8,15-17,19-21H2,2-5H3,(H,36,40);3,6-11,15,21,24-26,33,35H,1,4-5,12-14,16-18,31H2,2H3;3,6-11,15,21,25-26H,1,4-5,12-14,16H2,2H3;6-8,13H,4-5H2,1-3H3,(H,12,16)(H,14,15);1H3;1H;/t24-,27+,28-,29+,34+;21-,24+,25-,26+,29+;21-,23-;6-,7+,8-;;;/m0010.../s1/i;;;;;1T;. The number of carboxylic acid groups (broad SMARTS) is 1. The van der Waals surface area contributed by atoms with E-state index >= 15 is 0 Å². The van der Waals surface area contributed by atoms with Crippen LogP contribution in [0.5, 0.6) is 0 Å². The second-order valence-electron chi connectivity index (χ2n) is 35.2. The minimum absolute atomic E-state index is 0. The number of aliphatic hydroxyl groups is 6. The molecule has 24 nitrogen and oxygen atoms in total. The normalized spacial score (nSPS) is 23.4. The molecule has 128 heavy (non-hydrogen) atoms. The van der Waals surface area contributed by atoms with E-state index < -0.39 is 101 Å². The molecule has 12 rings (SSSR count). The maximum atomic E-state index is 13.7. The molecule has 6 fully saturated rings. The van der Waals surface area contributed by atoms with E-state index in [1.807, 2.05) is 91.0 Å². The smallest absolute Gasteiger partial charge is 0.407 e. The van der Waals surface area contributed by atoms with Crippen LogP contribution in [-0.4, -0.2) is 210 Å². The van der Waals surface area contributed by atoms with Crippen molar-refractivity contribution in [3.05, 3.63) is 214 Å². The predicted octanol–water partition coefficient (Wildman–Crippen LogP) is 15.0. The summed E-state index contributed by atoms with van der Waals surface area (Å²) in [6.45, 7) is 33.6. The van der Waals surface area contributed by atoms with Gasteiger partial charge >= 0.3 is 18.2 Å². The summed E-state index contributed by atoms with van der Waals surface area (Å²) in [6, 6.07) is 41.8. The molecule has 3 heterocycles. The maximum Gasteiger partial charge on any atom is 0.407 e. The van der Waals surface area contributed by atoms with Gasteiger partial charge in [0, 0.05) is 122 Å². The van der Waals surface area contributed by atoms with Crippen LogP contribution in [0.15, 0.2) is 165 Å². The molecule has 3 saturated heterocycles. The Bertz CT molecular complexity index is 4700. The summed E-state index contributed by atoms with van der Waals surface area (Å²) in [6.07, 6.45) is 7.53. The monoisotopic (exact) mass is 2050 g/mol. The van der Waals surface area contributed by atoms with E-state index in [1.54, 1.807) is 69.6 Å². The van der Waals surface area contributed by atoms with E-state index in [1.165, 1.54) is 18.1 Å². The number of benzene rings is 6. The molecule has 0 bridgehead atoms. The fourth-order valence-corrected chi connectivity index (χ4v) is 18.2. The minimum Gasteiger partial charge on any atom is -0.481 e. The summed E-state index contributed by atoms with van der Waals surface area (Å²) in [5.41, 5.74) is 11.7. The van der Waals surface area contributed by atoms with Crippen LogP contribution in [0.4, 0.5) is 9.59 Å². The molecular formula is C99H133BCl3N7O17U. The van der Waals surface area contributed by atoms with Crippen molar-refractivity contribution in [3.63, 3.8) is 0 Å². The number of allylic oxidation sites excluding steroid dienone is 3. The van der Waals surface area contributed by atoms with E-state index in [9.17, 15) is 54.6 Å². The number of nitrogens with two attached hydrogens (primary N) is 1. The van der Waals surface area contributed by atoms with Crippen LogP contribution in [0.3, 0.4) is 0 Å². The third kappa shape index (κ3) is 29.5. The fraction of sp³-hybridized carbons (Fsp3) is 0.515. The Morgan fingerprint density at radius 3 is 1.19 bits per heavy atom. The number of carboxylic acids is 1. The van der Waals surface area contributed by atoms with Crippen LogP contribution in [-0.2, 0) is 74.1 Å². The Kier molecular flexibility index (Phi) is 42.8. The van der Waals surface area contributed by atoms with Crippen molar-refractivity contribution in [1.29, 1.82) is 6.60 Å². The van der Waals surface area contributed by atoms with E-state index in [0.29, 0.717) is 117 Å². The molecule has 4 amide bonds. The Morgan fingerprint density at radius 2 is 0.875 bits per heavy atom. The third-order valence-corrected chi connectivity index (χ3v) is 24.8. The molecule has 3 saturated carbocycles. The predicted molar refractivity (Wildman–Crippen MR) is 501 cm³/mol. The number of carbonyl (C=O) groups excluding carboxylic acids is 4. The van der Waals surface area contributed by atoms with Crippen LogP contribution in [0.2, 0.25) is 15.1 Å². The summed E-state index contributed by atoms with van der Waals surface area (Å²) >= 11 is 20.2. The number of aliphatic hydroxyl groups excluding tert-OH is 3. The largest absolute Gasteiger partial charge is 0.481 e. The molecule has 12 N–H and O–H groups in total. The average Bonchev–Trinajstić information content (AvgIpc) is 1.23. The van der Waals surface area contributed by atoms with Gasteiger partial charge < -0.3 is 90.9 Å². The number of ether oxygens (including phenoxy) is 5. The summed E-state index contributed by atoms with van der Waals surface area (Å²) in [4.78, 5) is 65.0. The van der Waals surface area contributed by atoms with Crippen LogP contribution in [0.25, 0.3) is 33.4 Å². The molecule has 3 aliphatic heterocycles. The number of nitrogens with zero attached hydrogens (tertiary/aromatic N) is 3. The zero-order valence-electron chi connectivity index (χ0n) is 76.7. The number of nitrogens with one attached hydrogen (secondary N) is 3. The molecule has 3 aliphatic carbocycles. The number of amides is 4. The average molecular weight is 2050 g/mol. The van der Waals surface area contributed by atoms with E-state index in [0.717, 1.165) is 70.3 Å². The van der Waals surface area contributed by atoms with Crippen LogP contribution < -0.4 is 21.7 Å². The van der Waals surface area contributed by atoms with Gasteiger partial charge in [-0.3, -0.25) is 14.4 Å². The third-order valence-electron chi connectivity index (χ3n) is 23.9. The second kappa shape index (κ2) is 51.0. The SMILES string of the molecule is C=CCC[C@@](O)(c1cccc(Cl)c1-c1cccc(CC)c1)[C@H]1CN(C(=O)[C@@H]2C[C@H](O)[C@H](NC(=O)OC(C)(C)C)C2)CCO1.C=CCC[C@@](O)(c1cccc(Cl)c1-c1cccc(CC)c1)[C@H]1CN(C(=O)[C@H]2C[C@@H](N)[C@@H](O)C2)CCO1.C=CCC[C@@](O)(c1cccc(Cl)c1-c1cccc(CC)c1)[C@H]1CNCCO1.CC#N.CC(C)(C)OC(=O)N[C@@H]1C[C@H](C(=O)O)C[C@@H]1O.[3H][B].[U]. The molecule has 694 valence electrons. The molecule has 0 unspecified atom stereocenters. The quantitative estimate of drug-likeness (QED) is 0.0177. The molecule has 0 aromatic heterocycles. The summed E-state index contributed by atoms with van der Waals surface area (Å²) < 4.78 is 34.0. The molecule has 6 aliphatic rings. The van der Waals surface area contributed by atoms with Gasteiger partial charge in [0.2, 0.25) is 11.8 Å². The van der Waals surface area contributed by atoms with Crippen molar-refractivity contribution < 1.29 is 115 Å². The number of aryl methyl sites for hydroxylation is 3. The fourth-order valence-electron chi connectivity index (χ4n) is 17.3. The van der Waals surface area contributed by atoms with E-state index in [-0.39, 0.29) is 100.0 Å². The Balaban J connectivity index is 0.000000271. The van der Waals surface area contributed by atoms with Crippen LogP contribution in [0, 0.1) is 60.2 Å². The molecule has 6 aromatic carbocycles. The second-order valence-corrected chi connectivity index (χ2v) is 36.4. The number of hydrogen-bond donors (Lipinski definition) is 11. The van der Waals surface area contributed by atoms with Crippen molar-refractivity contribution in [3.8, 4) is 39.4 Å². The molecule has 15 atom stereocenters. The van der Waals surface area contributed by atoms with Crippen molar-refractivity contribution in [2.45, 2.75) is 248 Å². The molecule has 2 radical (unpaired) electrons. The number of carbonyl (C=O) groups is 5. The first-order valence-corrected chi connectivity index (χ1v) is 45.1. The Hall–Kier alpha value is -7.47. The Labute approximate surface area is 798 Å². The number of rotatable bonds is 26. The summed E-state index contributed by atoms with van der Waals surface area (Å²) in [5, 5.41) is 93.4. The Morgan fingerprint density at radius 1 is 0.547 bits per heavy atom. The molecule has 29 heteroatoms. The van der Waals surface area contributed by atoms with Crippen molar-refractivity contribution in [1.82, 2.24) is 25.8 Å². The number of morpholine rings is 3. The zero-order valence-corrected chi connectivity index (χ0v) is 82.2. The van der Waals surface area contributed by atoms with Crippen LogP contribution >= 0.6 is 34.8 Å². The van der Waals surface area contributed by atoms with Gasteiger partial charge in [-0.1, -0.05) is 183 Å². The van der Waals surface area contributed by atoms with Gasteiger partial charge in [0.15, 0.2) is 0 Å². The molecule has 0 spiro atoms. The number of hydrogen-bond acceptors (Lipinski definition) is 19. The molecular weight excluding hydrogens is 1910 g/mol.